The average Bonchev–Trinajstić information content (AvgIpc) is 3.04. The van der Waals surface area contributed by atoms with Gasteiger partial charge in [0.15, 0.2) is 5.78 Å². The highest BCUT2D eigenvalue weighted by Crippen LogP contribution is 2.47. The van der Waals surface area contributed by atoms with E-state index in [4.69, 9.17) is 9.47 Å². The third kappa shape index (κ3) is 7.58. The highest BCUT2D eigenvalue weighted by Gasteiger charge is 2.60. The number of nitrogens with one attached hydrogen (secondary N) is 3. The van der Waals surface area contributed by atoms with Crippen LogP contribution >= 0.6 is 0 Å². The second-order valence-corrected chi connectivity index (χ2v) is 15.5. The molecule has 14 heteroatoms. The van der Waals surface area contributed by atoms with Gasteiger partial charge in [-0.1, -0.05) is 0 Å². The number of ketones is 1. The van der Waals surface area contributed by atoms with Crippen molar-refractivity contribution < 1.29 is 28.4 Å². The Bertz CT molecular complexity index is 1210. The van der Waals surface area contributed by atoms with Gasteiger partial charge in [-0.3, -0.25) is 19.7 Å². The molecule has 270 valence electrons. The maximum Gasteiger partial charge on any atom is 0.256 e. The fraction of sp³-hybridized carbons (Fsp3) is 0.882. The van der Waals surface area contributed by atoms with Crippen molar-refractivity contribution in [1.82, 2.24) is 30.7 Å². The summed E-state index contributed by atoms with van der Waals surface area (Å²) in [5.74, 6) is -1.40. The second kappa shape index (κ2) is 15.3. The van der Waals surface area contributed by atoms with Crippen LogP contribution in [0.2, 0.25) is 0 Å². The lowest BCUT2D eigenvalue weighted by atomic mass is 9.69. The van der Waals surface area contributed by atoms with Gasteiger partial charge in [0.25, 0.3) is 5.91 Å². The monoisotopic (exact) mass is 677 g/mol. The molecule has 6 aliphatic rings. The Morgan fingerprint density at radius 3 is 2.40 bits per heavy atom. The van der Waals surface area contributed by atoms with Crippen LogP contribution in [0.25, 0.3) is 0 Å². The Labute approximate surface area is 283 Å². The number of carbonyl (C=O) groups excluding carboxylic acids is 2. The van der Waals surface area contributed by atoms with Crippen molar-refractivity contribution >= 4 is 11.7 Å². The van der Waals surface area contributed by atoms with Crippen LogP contribution in [0.1, 0.15) is 64.2 Å². The van der Waals surface area contributed by atoms with Crippen LogP contribution in [0, 0.1) is 16.0 Å². The standard InChI is InChI=1S/C34H56FN7O6/c1-39(2)13-7-5-11-36-30-23(35)16-21-31-33(30)48-29-17-25-28(47-27-15-20(42(45)46)9-10-24(27)38-25)18-26(29)41(31)19-22(32(21)43)34(44)37-12-6-8-14-40(3)4/h19-21,23-31,33,36,38H,5-18H2,1-4H3,(H,37,44). The molecule has 3 saturated carbocycles. The van der Waals surface area contributed by atoms with Crippen LogP contribution < -0.4 is 16.0 Å². The number of amides is 1. The number of nitrogens with zero attached hydrogens (tertiary/aromatic N) is 4. The summed E-state index contributed by atoms with van der Waals surface area (Å²) in [7, 11) is 8.10. The molecule has 2 saturated heterocycles. The maximum atomic E-state index is 16.1. The molecule has 0 bridgehead atoms. The molecule has 5 fully saturated rings. The Kier molecular flexibility index (Phi) is 11.4. The Morgan fingerprint density at radius 1 is 0.979 bits per heavy atom. The first-order valence-corrected chi connectivity index (χ1v) is 18.2. The van der Waals surface area contributed by atoms with Crippen LogP contribution in [0.4, 0.5) is 4.39 Å². The quantitative estimate of drug-likeness (QED) is 0.112. The van der Waals surface area contributed by atoms with Crippen molar-refractivity contribution in [2.45, 2.75) is 131 Å². The first-order chi connectivity index (χ1) is 23.0. The number of nitro groups is 1. The van der Waals surface area contributed by atoms with Crippen LogP contribution in [-0.4, -0.2) is 153 Å². The normalized spacial score (nSPS) is 38.9. The van der Waals surface area contributed by atoms with Gasteiger partial charge in [0.1, 0.15) is 6.17 Å². The number of alkyl halides is 1. The summed E-state index contributed by atoms with van der Waals surface area (Å²) in [5, 5.41) is 21.8. The lowest BCUT2D eigenvalue weighted by Crippen LogP contribution is -2.75. The molecule has 3 heterocycles. The minimum Gasteiger partial charge on any atom is -0.371 e. The van der Waals surface area contributed by atoms with Crippen molar-refractivity contribution in [2.24, 2.45) is 5.92 Å². The number of Topliss-reactive ketones (excluding diaryl/α,β-unsaturated/α-hetero) is 1. The van der Waals surface area contributed by atoms with Crippen LogP contribution in [0.15, 0.2) is 11.8 Å². The fourth-order valence-electron chi connectivity index (χ4n) is 9.12. The molecular formula is C34H56FN7O6. The number of unbranched alkanes of at least 4 members (excludes halogenated alkanes) is 2. The van der Waals surface area contributed by atoms with E-state index in [1.807, 2.05) is 28.2 Å². The van der Waals surface area contributed by atoms with Gasteiger partial charge in [0.2, 0.25) is 6.04 Å². The molecule has 12 atom stereocenters. The molecule has 0 aromatic rings. The van der Waals surface area contributed by atoms with Crippen LogP contribution in [0.3, 0.4) is 0 Å². The first kappa shape index (κ1) is 35.6. The van der Waals surface area contributed by atoms with Crippen LogP contribution in [0.5, 0.6) is 0 Å². The Balaban J connectivity index is 1.22. The third-order valence-electron chi connectivity index (χ3n) is 11.6. The number of rotatable bonds is 13. The van der Waals surface area contributed by atoms with Gasteiger partial charge in [-0.15, -0.1) is 0 Å². The third-order valence-corrected chi connectivity index (χ3v) is 11.6. The molecule has 0 spiro atoms. The molecule has 0 aromatic carbocycles. The lowest BCUT2D eigenvalue weighted by Gasteiger charge is -2.61. The topological polar surface area (TPSA) is 142 Å². The molecule has 3 aliphatic carbocycles. The van der Waals surface area contributed by atoms with Gasteiger partial charge in [-0.05, 0) is 99.2 Å². The van der Waals surface area contributed by atoms with E-state index in [1.54, 1.807) is 6.20 Å². The van der Waals surface area contributed by atoms with E-state index in [-0.39, 0.29) is 59.1 Å². The molecule has 0 aromatic heterocycles. The number of hydrogen-bond acceptors (Lipinski definition) is 11. The molecule has 1 amide bonds. The van der Waals surface area contributed by atoms with E-state index in [0.717, 1.165) is 38.8 Å². The number of halogens is 1. The van der Waals surface area contributed by atoms with E-state index in [9.17, 15) is 19.7 Å². The summed E-state index contributed by atoms with van der Waals surface area (Å²) in [5.41, 5.74) is 0.0940. The minimum atomic E-state index is -1.29. The van der Waals surface area contributed by atoms with Gasteiger partial charge in [0.05, 0.1) is 48.1 Å². The van der Waals surface area contributed by atoms with Gasteiger partial charge in [0, 0.05) is 48.5 Å². The summed E-state index contributed by atoms with van der Waals surface area (Å²) >= 11 is 0. The zero-order valence-electron chi connectivity index (χ0n) is 29.0. The predicted octanol–water partition coefficient (Wildman–Crippen LogP) is 1.09. The van der Waals surface area contributed by atoms with Crippen molar-refractivity contribution in [1.29, 1.82) is 0 Å². The highest BCUT2D eigenvalue weighted by atomic mass is 19.1. The van der Waals surface area contributed by atoms with E-state index in [0.29, 0.717) is 45.2 Å². The molecule has 13 nitrogen and oxygen atoms in total. The number of ether oxygens (including phenoxy) is 2. The van der Waals surface area contributed by atoms with Gasteiger partial charge < -0.3 is 40.1 Å². The number of morpholine rings is 2. The van der Waals surface area contributed by atoms with Crippen molar-refractivity contribution in [3.05, 3.63) is 21.9 Å². The summed E-state index contributed by atoms with van der Waals surface area (Å²) in [6, 6.07) is -1.65. The predicted molar refractivity (Wildman–Crippen MR) is 178 cm³/mol. The first-order valence-electron chi connectivity index (χ1n) is 18.2. The van der Waals surface area contributed by atoms with Crippen molar-refractivity contribution in [3.63, 3.8) is 0 Å². The molecular weight excluding hydrogens is 621 g/mol. The minimum absolute atomic E-state index is 0.00884. The lowest BCUT2D eigenvalue weighted by molar-refractivity contribution is -0.529. The molecule has 0 radical (unpaired) electrons. The largest absolute Gasteiger partial charge is 0.371 e. The average molecular weight is 678 g/mol. The van der Waals surface area contributed by atoms with Gasteiger partial charge >= 0.3 is 0 Å². The maximum absolute atomic E-state index is 16.1. The number of carbonyl (C=O) groups is 2. The zero-order valence-corrected chi connectivity index (χ0v) is 29.0. The summed E-state index contributed by atoms with van der Waals surface area (Å²) < 4.78 is 29.6. The highest BCUT2D eigenvalue weighted by molar-refractivity contribution is 6.20. The van der Waals surface area contributed by atoms with Crippen LogP contribution in [-0.2, 0) is 19.1 Å². The fourth-order valence-corrected chi connectivity index (χ4v) is 9.12. The van der Waals surface area contributed by atoms with Gasteiger partial charge in [-0.2, -0.15) is 0 Å². The van der Waals surface area contributed by atoms with Crippen molar-refractivity contribution in [3.8, 4) is 0 Å². The Morgan fingerprint density at radius 2 is 1.69 bits per heavy atom. The molecule has 6 rings (SSSR count). The van der Waals surface area contributed by atoms with E-state index in [1.165, 1.54) is 0 Å². The molecule has 48 heavy (non-hydrogen) atoms. The summed E-state index contributed by atoms with van der Waals surface area (Å²) in [6.07, 6.45) is 5.74. The SMILES string of the molecule is CN(C)CCCCNC(=O)C1=CN2C3CC4OC5CC([N+](=O)[O-])CCC5NC4CC3OC3C(NCCCCN(C)C)C(F)CC(C1=O)C32. The smallest absolute Gasteiger partial charge is 0.256 e. The summed E-state index contributed by atoms with van der Waals surface area (Å²) in [6.45, 7) is 2.99. The summed E-state index contributed by atoms with van der Waals surface area (Å²) in [4.78, 5) is 45.2. The zero-order chi connectivity index (χ0) is 34.1. The van der Waals surface area contributed by atoms with E-state index in [2.05, 4.69) is 30.7 Å². The van der Waals surface area contributed by atoms with Gasteiger partial charge in [-0.25, -0.2) is 4.39 Å². The molecule has 3 N–H and O–H groups in total. The van der Waals surface area contributed by atoms with Crippen molar-refractivity contribution in [2.75, 3.05) is 54.4 Å². The van der Waals surface area contributed by atoms with E-state index < -0.39 is 42.2 Å². The van der Waals surface area contributed by atoms with E-state index >= 15 is 4.39 Å². The second-order valence-electron chi connectivity index (χ2n) is 15.5. The molecule has 12 unspecified atom stereocenters. The number of fused-ring (bicyclic) bond motifs is 4. The Hall–Kier alpha value is -2.23. The number of hydrogen-bond donors (Lipinski definition) is 3. The molecule has 3 aliphatic heterocycles.